The smallest absolute Gasteiger partial charge is 0.251 e. The Morgan fingerprint density at radius 1 is 1.16 bits per heavy atom. The Balaban J connectivity index is 1.44. The maximum Gasteiger partial charge on any atom is 0.251 e. The van der Waals surface area contributed by atoms with Gasteiger partial charge in [0, 0.05) is 23.1 Å². The molecule has 0 aliphatic carbocycles. The van der Waals surface area contributed by atoms with Crippen molar-refractivity contribution in [3.63, 3.8) is 0 Å². The molecule has 2 saturated heterocycles. The van der Waals surface area contributed by atoms with Crippen LogP contribution in [0.5, 0.6) is 0 Å². The van der Waals surface area contributed by atoms with Crippen molar-refractivity contribution in [2.24, 2.45) is 5.92 Å². The van der Waals surface area contributed by atoms with Crippen LogP contribution in [-0.4, -0.2) is 40.7 Å². The van der Waals surface area contributed by atoms with E-state index in [-0.39, 0.29) is 53.6 Å². The minimum Gasteiger partial charge on any atom is -0.343 e. The summed E-state index contributed by atoms with van der Waals surface area (Å²) in [4.78, 5) is 40.7. The van der Waals surface area contributed by atoms with Gasteiger partial charge in [0.15, 0.2) is 0 Å². The molecule has 2 aliphatic rings. The normalized spacial score (nSPS) is 22.7. The summed E-state index contributed by atoms with van der Waals surface area (Å²) in [6.45, 7) is 8.00. The van der Waals surface area contributed by atoms with Crippen molar-refractivity contribution >= 4 is 17.7 Å². The van der Waals surface area contributed by atoms with Crippen LogP contribution in [0.2, 0.25) is 0 Å². The first-order valence-electron chi connectivity index (χ1n) is 13.7. The number of hydrogen-bond acceptors (Lipinski definition) is 4. The average molecular weight is 523 g/mol. The molecular formula is C30H39FN4O3. The second kappa shape index (κ2) is 11.6. The van der Waals surface area contributed by atoms with Gasteiger partial charge in [0.05, 0.1) is 12.6 Å². The number of hydrazine groups is 1. The van der Waals surface area contributed by atoms with Crippen LogP contribution in [-0.2, 0) is 16.0 Å². The summed E-state index contributed by atoms with van der Waals surface area (Å²) in [5, 5.41) is 2.81. The van der Waals surface area contributed by atoms with Crippen LogP contribution >= 0.6 is 0 Å². The molecular weight excluding hydrogens is 483 g/mol. The van der Waals surface area contributed by atoms with Gasteiger partial charge in [-0.2, -0.15) is 0 Å². The highest BCUT2D eigenvalue weighted by molar-refractivity contribution is 5.97. The van der Waals surface area contributed by atoms with Crippen molar-refractivity contribution in [1.82, 2.24) is 21.1 Å². The molecule has 3 amide bonds. The SMILES string of the molecule is CCC1(CC)CC[C@@H](c2cccc(F)c2)N1C(=O)CNC(=O)c1ccc(CC2CC(C)NNC2=O)c(C)c1. The highest BCUT2D eigenvalue weighted by atomic mass is 19.1. The van der Waals surface area contributed by atoms with Crippen molar-refractivity contribution in [3.8, 4) is 0 Å². The number of benzene rings is 2. The van der Waals surface area contributed by atoms with E-state index in [1.54, 1.807) is 12.1 Å². The molecule has 204 valence electrons. The summed E-state index contributed by atoms with van der Waals surface area (Å²) in [5.41, 5.74) is 8.59. The molecule has 0 aromatic heterocycles. The first-order valence-corrected chi connectivity index (χ1v) is 13.7. The lowest BCUT2D eigenvalue weighted by Crippen LogP contribution is -2.52. The van der Waals surface area contributed by atoms with Gasteiger partial charge < -0.3 is 10.2 Å². The molecule has 4 rings (SSSR count). The number of halogens is 1. The third-order valence-electron chi connectivity index (χ3n) is 8.45. The molecule has 0 spiro atoms. The minimum atomic E-state index is -0.318. The third kappa shape index (κ3) is 5.75. The van der Waals surface area contributed by atoms with E-state index in [0.717, 1.165) is 48.8 Å². The van der Waals surface area contributed by atoms with Gasteiger partial charge in [0.25, 0.3) is 5.91 Å². The van der Waals surface area contributed by atoms with Crippen LogP contribution in [0.15, 0.2) is 42.5 Å². The standard InChI is InChI=1S/C30H39FN4O3/c1-5-30(6-2)13-12-26(22-8-7-9-25(31)17-22)35(30)27(36)18-32-28(37)23-11-10-21(19(3)14-23)16-24-15-20(4)33-34-29(24)38/h7-11,14,17,20,24,26,33H,5-6,12-13,15-16,18H2,1-4H3,(H,32,37)(H,34,38)/t20?,24?,26-/m0/s1. The summed E-state index contributed by atoms with van der Waals surface area (Å²) in [6, 6.07) is 11.9. The second-order valence-electron chi connectivity index (χ2n) is 10.8. The fourth-order valence-corrected chi connectivity index (χ4v) is 6.14. The number of likely N-dealkylation sites (tertiary alicyclic amines) is 1. The lowest BCUT2D eigenvalue weighted by atomic mass is 9.89. The monoisotopic (exact) mass is 522 g/mol. The fraction of sp³-hybridized carbons (Fsp3) is 0.500. The zero-order valence-corrected chi connectivity index (χ0v) is 22.8. The number of rotatable bonds is 8. The van der Waals surface area contributed by atoms with Crippen molar-refractivity contribution in [3.05, 3.63) is 70.5 Å². The van der Waals surface area contributed by atoms with Crippen LogP contribution in [0.3, 0.4) is 0 Å². The number of carbonyl (C=O) groups excluding carboxylic acids is 3. The molecule has 38 heavy (non-hydrogen) atoms. The molecule has 2 aliphatic heterocycles. The Kier molecular flexibility index (Phi) is 8.51. The summed E-state index contributed by atoms with van der Waals surface area (Å²) in [6.07, 6.45) is 4.55. The largest absolute Gasteiger partial charge is 0.343 e. The molecule has 7 nitrogen and oxygen atoms in total. The number of hydrogen-bond donors (Lipinski definition) is 3. The Labute approximate surface area is 224 Å². The topological polar surface area (TPSA) is 90.5 Å². The number of aryl methyl sites for hydroxylation is 1. The lowest BCUT2D eigenvalue weighted by molar-refractivity contribution is -0.137. The van der Waals surface area contributed by atoms with Gasteiger partial charge in [0.1, 0.15) is 5.82 Å². The summed E-state index contributed by atoms with van der Waals surface area (Å²) < 4.78 is 14.0. The molecule has 8 heteroatoms. The van der Waals surface area contributed by atoms with Crippen LogP contribution < -0.4 is 16.2 Å². The average Bonchev–Trinajstić information content (AvgIpc) is 3.30. The van der Waals surface area contributed by atoms with Crippen LogP contribution in [0.25, 0.3) is 0 Å². The molecule has 0 radical (unpaired) electrons. The van der Waals surface area contributed by atoms with E-state index >= 15 is 0 Å². The molecule has 2 heterocycles. The molecule has 2 fully saturated rings. The van der Waals surface area contributed by atoms with Gasteiger partial charge in [-0.1, -0.05) is 32.0 Å². The number of amides is 3. The summed E-state index contributed by atoms with van der Waals surface area (Å²) in [7, 11) is 0. The van der Waals surface area contributed by atoms with Crippen LogP contribution in [0.4, 0.5) is 4.39 Å². The Morgan fingerprint density at radius 2 is 1.92 bits per heavy atom. The van der Waals surface area contributed by atoms with Crippen LogP contribution in [0, 0.1) is 18.7 Å². The van der Waals surface area contributed by atoms with Gasteiger partial charge >= 0.3 is 0 Å². The van der Waals surface area contributed by atoms with Gasteiger partial charge in [-0.25, -0.2) is 9.82 Å². The van der Waals surface area contributed by atoms with E-state index in [2.05, 4.69) is 30.0 Å². The molecule has 3 N–H and O–H groups in total. The maximum atomic E-state index is 14.0. The summed E-state index contributed by atoms with van der Waals surface area (Å²) in [5.74, 6) is -0.931. The van der Waals surface area contributed by atoms with Crippen molar-refractivity contribution in [1.29, 1.82) is 0 Å². The number of carbonyl (C=O) groups is 3. The van der Waals surface area contributed by atoms with Gasteiger partial charge in [-0.3, -0.25) is 19.8 Å². The maximum absolute atomic E-state index is 14.0. The highest BCUT2D eigenvalue weighted by Crippen LogP contribution is 2.46. The Hall–Kier alpha value is -3.26. The van der Waals surface area contributed by atoms with E-state index in [4.69, 9.17) is 0 Å². The molecule has 2 aromatic rings. The minimum absolute atomic E-state index is 0.0171. The van der Waals surface area contributed by atoms with Gasteiger partial charge in [-0.05, 0) is 93.3 Å². The summed E-state index contributed by atoms with van der Waals surface area (Å²) >= 11 is 0. The molecule has 3 atom stereocenters. The predicted molar refractivity (Wildman–Crippen MR) is 145 cm³/mol. The van der Waals surface area contributed by atoms with Crippen molar-refractivity contribution in [2.75, 3.05) is 6.54 Å². The second-order valence-corrected chi connectivity index (χ2v) is 10.8. The van der Waals surface area contributed by atoms with E-state index in [0.29, 0.717) is 12.0 Å². The molecule has 2 unspecified atom stereocenters. The van der Waals surface area contributed by atoms with Gasteiger partial charge in [0.2, 0.25) is 11.8 Å². The van der Waals surface area contributed by atoms with Crippen molar-refractivity contribution in [2.45, 2.75) is 83.8 Å². The lowest BCUT2D eigenvalue weighted by Gasteiger charge is -2.40. The van der Waals surface area contributed by atoms with Crippen molar-refractivity contribution < 1.29 is 18.8 Å². The van der Waals surface area contributed by atoms with E-state index in [1.165, 1.54) is 12.1 Å². The first-order chi connectivity index (χ1) is 18.2. The van der Waals surface area contributed by atoms with Crippen LogP contribution in [0.1, 0.15) is 86.0 Å². The van der Waals surface area contributed by atoms with Gasteiger partial charge in [-0.15, -0.1) is 0 Å². The fourth-order valence-electron chi connectivity index (χ4n) is 6.14. The highest BCUT2D eigenvalue weighted by Gasteiger charge is 2.46. The molecule has 0 saturated carbocycles. The number of nitrogens with one attached hydrogen (secondary N) is 3. The zero-order valence-electron chi connectivity index (χ0n) is 22.8. The third-order valence-corrected chi connectivity index (χ3v) is 8.45. The number of nitrogens with zero attached hydrogens (tertiary/aromatic N) is 1. The Bertz CT molecular complexity index is 1200. The van der Waals surface area contributed by atoms with E-state index in [1.807, 2.05) is 36.9 Å². The predicted octanol–water partition coefficient (Wildman–Crippen LogP) is 4.36. The van der Waals surface area contributed by atoms with E-state index in [9.17, 15) is 18.8 Å². The quantitative estimate of drug-likeness (QED) is 0.481. The zero-order chi connectivity index (χ0) is 27.4. The molecule has 0 bridgehead atoms. The van der Waals surface area contributed by atoms with E-state index < -0.39 is 0 Å². The molecule has 2 aromatic carbocycles. The first kappa shape index (κ1) is 27.8. The Morgan fingerprint density at radius 3 is 2.61 bits per heavy atom.